The fourth-order valence-electron chi connectivity index (χ4n) is 1.37. The van der Waals surface area contributed by atoms with Gasteiger partial charge in [0.1, 0.15) is 0 Å². The fraction of sp³-hybridized carbons (Fsp3) is 0.917. The summed E-state index contributed by atoms with van der Waals surface area (Å²) in [7, 11) is -3.67. The maximum absolute atomic E-state index is 9.19. The van der Waals surface area contributed by atoms with Gasteiger partial charge in [0, 0.05) is 18.4 Å². The molecule has 1 aliphatic rings. The van der Waals surface area contributed by atoms with Crippen molar-refractivity contribution in [1.29, 1.82) is 0 Å². The van der Waals surface area contributed by atoms with Gasteiger partial charge < -0.3 is 11.1 Å². The molecule has 120 valence electrons. The molecular formula is C12H26BrN3O3S. The monoisotopic (exact) mass is 371 g/mol. The van der Waals surface area contributed by atoms with Crippen molar-refractivity contribution in [2.24, 2.45) is 16.6 Å². The minimum Gasteiger partial charge on any atom is -0.370 e. The number of nitrogens with zero attached hydrogens (tertiary/aromatic N) is 1. The van der Waals surface area contributed by atoms with Gasteiger partial charge >= 0.3 is 0 Å². The van der Waals surface area contributed by atoms with E-state index < -0.39 is 10.1 Å². The van der Waals surface area contributed by atoms with Gasteiger partial charge in [-0.1, -0.05) is 28.8 Å². The van der Waals surface area contributed by atoms with Crippen LogP contribution >= 0.6 is 15.9 Å². The van der Waals surface area contributed by atoms with Crippen molar-refractivity contribution in [3.05, 3.63) is 0 Å². The Bertz CT molecular complexity index is 362. The maximum Gasteiger partial charge on any atom is 0.261 e. The Morgan fingerprint density at radius 1 is 1.35 bits per heavy atom. The molecule has 0 aromatic heterocycles. The summed E-state index contributed by atoms with van der Waals surface area (Å²) in [5.41, 5.74) is 5.72. The van der Waals surface area contributed by atoms with Crippen molar-refractivity contribution in [3.8, 4) is 0 Å². The van der Waals surface area contributed by atoms with E-state index in [1.54, 1.807) is 0 Å². The minimum absolute atomic E-state index is 0.627. The average Bonchev–Trinajstić information content (AvgIpc) is 3.13. The minimum atomic E-state index is -3.67. The summed E-state index contributed by atoms with van der Waals surface area (Å²) in [6.07, 6.45) is 8.41. The molecule has 0 aromatic rings. The van der Waals surface area contributed by atoms with E-state index in [0.29, 0.717) is 12.2 Å². The molecule has 1 fully saturated rings. The molecule has 1 saturated carbocycles. The number of hydrogen-bond donors (Lipinski definition) is 3. The van der Waals surface area contributed by atoms with E-state index in [4.69, 9.17) is 10.3 Å². The first-order valence-electron chi connectivity index (χ1n) is 6.85. The molecule has 0 unspecified atom stereocenters. The highest BCUT2D eigenvalue weighted by molar-refractivity contribution is 9.09. The number of guanidine groups is 1. The molecule has 8 heteroatoms. The van der Waals surface area contributed by atoms with Gasteiger partial charge in [0.25, 0.3) is 10.1 Å². The molecule has 0 aliphatic heterocycles. The third kappa shape index (κ3) is 20.0. The highest BCUT2D eigenvalue weighted by Gasteiger charge is 2.20. The Balaban J connectivity index is 0.000000621. The molecule has 4 N–H and O–H groups in total. The van der Waals surface area contributed by atoms with E-state index in [1.807, 2.05) is 0 Å². The molecular weight excluding hydrogens is 346 g/mol. The van der Waals surface area contributed by atoms with Crippen LogP contribution in [0.1, 0.15) is 38.5 Å². The van der Waals surface area contributed by atoms with Crippen molar-refractivity contribution >= 4 is 32.0 Å². The number of hydrogen-bond acceptors (Lipinski definition) is 3. The Labute approximate surface area is 130 Å². The number of nitrogens with one attached hydrogen (secondary N) is 1. The summed E-state index contributed by atoms with van der Waals surface area (Å²) in [5.74, 6) is 1.45. The third-order valence-electron chi connectivity index (χ3n) is 2.58. The van der Waals surface area contributed by atoms with Crippen LogP contribution in [0.4, 0.5) is 0 Å². The van der Waals surface area contributed by atoms with E-state index in [-0.39, 0.29) is 0 Å². The Kier molecular flexibility index (Phi) is 11.1. The van der Waals surface area contributed by atoms with E-state index in [2.05, 4.69) is 26.2 Å². The van der Waals surface area contributed by atoms with Crippen molar-refractivity contribution in [1.82, 2.24) is 5.32 Å². The summed E-state index contributed by atoms with van der Waals surface area (Å²) >= 11 is 3.43. The molecule has 0 saturated heterocycles. The Morgan fingerprint density at radius 3 is 2.40 bits per heavy atom. The zero-order valence-electron chi connectivity index (χ0n) is 12.0. The lowest BCUT2D eigenvalue weighted by Gasteiger charge is -2.04. The van der Waals surface area contributed by atoms with Gasteiger partial charge in [0.2, 0.25) is 0 Å². The number of alkyl halides is 1. The molecule has 0 heterocycles. The molecule has 1 rings (SSSR count). The number of rotatable bonds is 8. The molecule has 20 heavy (non-hydrogen) atoms. The summed E-state index contributed by atoms with van der Waals surface area (Å²) < 4.78 is 25.9. The lowest BCUT2D eigenvalue weighted by atomic mass is 10.2. The van der Waals surface area contributed by atoms with Gasteiger partial charge in [0.05, 0.1) is 6.26 Å². The first-order chi connectivity index (χ1) is 9.33. The molecule has 6 nitrogen and oxygen atoms in total. The van der Waals surface area contributed by atoms with Crippen LogP contribution < -0.4 is 11.1 Å². The van der Waals surface area contributed by atoms with Crippen molar-refractivity contribution in [3.63, 3.8) is 0 Å². The lowest BCUT2D eigenvalue weighted by molar-refractivity contribution is 0.490. The molecule has 0 aromatic carbocycles. The van der Waals surface area contributed by atoms with Crippen molar-refractivity contribution in [2.75, 3.05) is 24.7 Å². The molecule has 0 bridgehead atoms. The second kappa shape index (κ2) is 11.3. The number of unbranched alkanes of at least 4 members (excludes halogenated alkanes) is 3. The highest BCUT2D eigenvalue weighted by Crippen LogP contribution is 2.28. The fourth-order valence-corrected chi connectivity index (χ4v) is 1.77. The van der Waals surface area contributed by atoms with Gasteiger partial charge in [0.15, 0.2) is 5.96 Å². The van der Waals surface area contributed by atoms with E-state index in [9.17, 15) is 8.42 Å². The SMILES string of the molecule is CS(=O)(=O)O.NC(=NCC1CC1)NCCCCCCBr. The van der Waals surface area contributed by atoms with E-state index >= 15 is 0 Å². The lowest BCUT2D eigenvalue weighted by Crippen LogP contribution is -2.32. The van der Waals surface area contributed by atoms with Crippen LogP contribution in [0.5, 0.6) is 0 Å². The first-order valence-corrected chi connectivity index (χ1v) is 9.82. The quantitative estimate of drug-likeness (QED) is 0.198. The Hall–Kier alpha value is -0.340. The zero-order chi connectivity index (χ0) is 15.4. The van der Waals surface area contributed by atoms with Crippen LogP contribution in [0.3, 0.4) is 0 Å². The third-order valence-corrected chi connectivity index (χ3v) is 3.14. The van der Waals surface area contributed by atoms with Crippen molar-refractivity contribution in [2.45, 2.75) is 38.5 Å². The van der Waals surface area contributed by atoms with Crippen LogP contribution in [0, 0.1) is 5.92 Å². The van der Waals surface area contributed by atoms with Gasteiger partial charge in [-0.05, 0) is 31.6 Å². The molecule has 0 atom stereocenters. The van der Waals surface area contributed by atoms with E-state index in [0.717, 1.165) is 24.3 Å². The maximum atomic E-state index is 9.19. The second-order valence-corrected chi connectivity index (χ2v) is 7.19. The Morgan fingerprint density at radius 2 is 1.90 bits per heavy atom. The predicted octanol–water partition coefficient (Wildman–Crippen LogP) is 1.76. The van der Waals surface area contributed by atoms with Gasteiger partial charge in [-0.3, -0.25) is 9.55 Å². The largest absolute Gasteiger partial charge is 0.370 e. The summed E-state index contributed by atoms with van der Waals surface area (Å²) in [6, 6.07) is 0. The van der Waals surface area contributed by atoms with Crippen LogP contribution in [-0.4, -0.2) is 43.6 Å². The van der Waals surface area contributed by atoms with E-state index in [1.165, 1.54) is 38.5 Å². The van der Waals surface area contributed by atoms with Gasteiger partial charge in [-0.25, -0.2) is 0 Å². The topological polar surface area (TPSA) is 105 Å². The molecule has 0 radical (unpaired) electrons. The van der Waals surface area contributed by atoms with Crippen LogP contribution in [0.2, 0.25) is 0 Å². The highest BCUT2D eigenvalue weighted by atomic mass is 79.9. The summed E-state index contributed by atoms with van der Waals surface area (Å²) in [4.78, 5) is 4.30. The number of halogens is 1. The zero-order valence-corrected chi connectivity index (χ0v) is 14.4. The second-order valence-electron chi connectivity index (χ2n) is 4.93. The first kappa shape index (κ1) is 19.7. The molecule has 0 spiro atoms. The van der Waals surface area contributed by atoms with Crippen LogP contribution in [0.25, 0.3) is 0 Å². The smallest absolute Gasteiger partial charge is 0.261 e. The standard InChI is InChI=1S/C11H22BrN3.CH4O3S/c12-7-3-1-2-4-8-14-11(13)15-9-10-5-6-10;1-5(2,3)4/h10H,1-9H2,(H3,13,14,15);1H3,(H,2,3,4). The van der Waals surface area contributed by atoms with Gasteiger partial charge in [-0.2, -0.15) is 8.42 Å². The molecule has 1 aliphatic carbocycles. The van der Waals surface area contributed by atoms with Crippen LogP contribution in [0.15, 0.2) is 4.99 Å². The number of aliphatic imine (C=N–C) groups is 1. The molecule has 0 amide bonds. The van der Waals surface area contributed by atoms with Crippen molar-refractivity contribution < 1.29 is 13.0 Å². The normalized spacial score (nSPS) is 15.4. The number of nitrogens with two attached hydrogens (primary N) is 1. The summed E-state index contributed by atoms with van der Waals surface area (Å²) in [5, 5.41) is 4.28. The van der Waals surface area contributed by atoms with Gasteiger partial charge in [-0.15, -0.1) is 0 Å². The van der Waals surface area contributed by atoms with Crippen LogP contribution in [-0.2, 0) is 10.1 Å². The predicted molar refractivity (Wildman–Crippen MR) is 87.0 cm³/mol. The summed E-state index contributed by atoms with van der Waals surface area (Å²) in [6.45, 7) is 1.88. The average molecular weight is 372 g/mol.